The molecule has 0 spiro atoms. The van der Waals surface area contributed by atoms with Crippen LogP contribution in [-0.4, -0.2) is 11.9 Å². The molecule has 41 heavy (non-hydrogen) atoms. The topological polar surface area (TPSA) is 71.1 Å². The molecule has 0 bridgehead atoms. The molecule has 0 N–H and O–H groups in total. The molecule has 0 aliphatic rings. The normalized spacial score (nSPS) is 10.1. The molecule has 0 heterocycles. The van der Waals surface area contributed by atoms with Crippen molar-refractivity contribution in [2.45, 2.75) is 13.8 Å². The Balaban J connectivity index is 1.71. The highest BCUT2D eigenvalue weighted by molar-refractivity contribution is 5.87. The van der Waals surface area contributed by atoms with Gasteiger partial charge in [-0.3, -0.25) is 0 Å². The maximum absolute atomic E-state index is 14.8. The summed E-state index contributed by atoms with van der Waals surface area (Å²) in [5.41, 5.74) is 2.19. The molecule has 0 saturated heterocycles. The standard InChI is InChI=1S/C34H25FO6/c1-24(2)33(36)40-21-19-38-31-11-7-5-9-28(31)16-14-26-13-15-27(30(35)23-26)17-18-29-10-6-8-12-32(29)39-20-22-41-34(37)25(3)4/h5-13,15,19-23H,1,3H2,2,4H3/b21-19-,22-20-. The quantitative estimate of drug-likeness (QED) is 0.137. The van der Waals surface area contributed by atoms with Gasteiger partial charge in [-0.1, -0.05) is 61.1 Å². The van der Waals surface area contributed by atoms with E-state index in [2.05, 4.69) is 36.8 Å². The molecular weight excluding hydrogens is 523 g/mol. The first-order valence-corrected chi connectivity index (χ1v) is 12.1. The van der Waals surface area contributed by atoms with Crippen LogP contribution in [0.5, 0.6) is 11.5 Å². The fourth-order valence-electron chi connectivity index (χ4n) is 2.90. The lowest BCUT2D eigenvalue weighted by atomic mass is 10.1. The van der Waals surface area contributed by atoms with Crippen molar-refractivity contribution in [3.8, 4) is 35.2 Å². The summed E-state index contributed by atoms with van der Waals surface area (Å²) < 4.78 is 35.5. The minimum Gasteiger partial charge on any atom is -0.460 e. The highest BCUT2D eigenvalue weighted by atomic mass is 19.1. The van der Waals surface area contributed by atoms with Gasteiger partial charge in [0.1, 0.15) is 42.4 Å². The van der Waals surface area contributed by atoms with Crippen LogP contribution in [0, 0.1) is 29.5 Å². The van der Waals surface area contributed by atoms with E-state index in [4.69, 9.17) is 18.9 Å². The van der Waals surface area contributed by atoms with Crippen LogP contribution in [-0.2, 0) is 19.1 Å². The Hall–Kier alpha value is -5.79. The molecule has 0 unspecified atom stereocenters. The summed E-state index contributed by atoms with van der Waals surface area (Å²) in [5.74, 6) is 10.7. The number of ether oxygens (including phenoxy) is 4. The van der Waals surface area contributed by atoms with Crippen LogP contribution < -0.4 is 9.47 Å². The molecular formula is C34H25FO6. The van der Waals surface area contributed by atoms with E-state index in [0.29, 0.717) is 28.2 Å². The Bertz CT molecular complexity index is 1660. The van der Waals surface area contributed by atoms with Gasteiger partial charge in [0.25, 0.3) is 0 Å². The van der Waals surface area contributed by atoms with Gasteiger partial charge in [0, 0.05) is 16.7 Å². The van der Waals surface area contributed by atoms with Crippen LogP contribution in [0.15, 0.2) is 116 Å². The van der Waals surface area contributed by atoms with Crippen molar-refractivity contribution in [1.82, 2.24) is 0 Å². The van der Waals surface area contributed by atoms with E-state index in [9.17, 15) is 14.0 Å². The van der Waals surface area contributed by atoms with E-state index in [1.807, 2.05) is 0 Å². The van der Waals surface area contributed by atoms with Gasteiger partial charge in [-0.2, -0.15) is 0 Å². The predicted octanol–water partition coefficient (Wildman–Crippen LogP) is 6.56. The lowest BCUT2D eigenvalue weighted by molar-refractivity contribution is -0.134. The number of benzene rings is 3. The van der Waals surface area contributed by atoms with E-state index in [1.54, 1.807) is 54.6 Å². The van der Waals surface area contributed by atoms with Crippen LogP contribution in [0.2, 0.25) is 0 Å². The molecule has 0 saturated carbocycles. The van der Waals surface area contributed by atoms with E-state index in [0.717, 1.165) is 12.5 Å². The maximum atomic E-state index is 14.8. The van der Waals surface area contributed by atoms with Crippen LogP contribution in [0.4, 0.5) is 4.39 Å². The zero-order chi connectivity index (χ0) is 29.6. The first-order valence-electron chi connectivity index (χ1n) is 12.1. The molecule has 0 fully saturated rings. The van der Waals surface area contributed by atoms with Gasteiger partial charge in [0.15, 0.2) is 0 Å². The fourth-order valence-corrected chi connectivity index (χ4v) is 2.90. The molecule has 3 aromatic rings. The predicted molar refractivity (Wildman–Crippen MR) is 153 cm³/mol. The van der Waals surface area contributed by atoms with Gasteiger partial charge in [-0.15, -0.1) is 0 Å². The summed E-state index contributed by atoms with van der Waals surface area (Å²) in [5, 5.41) is 0. The molecule has 6 nitrogen and oxygen atoms in total. The van der Waals surface area contributed by atoms with E-state index < -0.39 is 17.8 Å². The van der Waals surface area contributed by atoms with Crippen molar-refractivity contribution in [3.05, 3.63) is 144 Å². The smallest absolute Gasteiger partial charge is 0.338 e. The van der Waals surface area contributed by atoms with Gasteiger partial charge in [-0.25, -0.2) is 14.0 Å². The highest BCUT2D eigenvalue weighted by Gasteiger charge is 2.04. The van der Waals surface area contributed by atoms with Gasteiger partial charge >= 0.3 is 11.9 Å². The van der Waals surface area contributed by atoms with E-state index in [-0.39, 0.29) is 16.7 Å². The number of hydrogen-bond acceptors (Lipinski definition) is 6. The lowest BCUT2D eigenvalue weighted by Gasteiger charge is -2.03. The molecule has 0 aromatic heterocycles. The van der Waals surface area contributed by atoms with Gasteiger partial charge in [-0.05, 0) is 56.3 Å². The Labute approximate surface area is 238 Å². The van der Waals surface area contributed by atoms with Crippen LogP contribution in [0.1, 0.15) is 36.1 Å². The third-order valence-corrected chi connectivity index (χ3v) is 4.96. The molecule has 7 heteroatoms. The summed E-state index contributed by atoms with van der Waals surface area (Å²) in [6, 6.07) is 18.4. The van der Waals surface area contributed by atoms with Crippen LogP contribution in [0.3, 0.4) is 0 Å². The van der Waals surface area contributed by atoms with Crippen LogP contribution in [0.25, 0.3) is 0 Å². The second-order valence-electron chi connectivity index (χ2n) is 8.34. The number of esters is 2. The number of rotatable bonds is 8. The lowest BCUT2D eigenvalue weighted by Crippen LogP contribution is -1.99. The third kappa shape index (κ3) is 9.47. The molecule has 0 radical (unpaired) electrons. The summed E-state index contributed by atoms with van der Waals surface area (Å²) >= 11 is 0. The van der Waals surface area contributed by atoms with Crippen molar-refractivity contribution in [1.29, 1.82) is 0 Å². The number of hydrogen-bond donors (Lipinski definition) is 0. The molecule has 3 rings (SSSR count). The number of para-hydroxylation sites is 2. The Kier molecular flexibility index (Phi) is 10.9. The third-order valence-electron chi connectivity index (χ3n) is 4.96. The Morgan fingerprint density at radius 3 is 1.61 bits per heavy atom. The fraction of sp³-hybridized carbons (Fsp3) is 0.0588. The zero-order valence-electron chi connectivity index (χ0n) is 22.4. The van der Waals surface area contributed by atoms with Gasteiger partial charge in [0.05, 0.1) is 16.7 Å². The SMILES string of the molecule is C=C(C)C(=O)O/C=C\Oc1ccccc1C#Cc1ccc(C#Cc2ccccc2O/C=C\OC(=O)C(=C)C)c(F)c1. The molecule has 0 atom stereocenters. The second-order valence-corrected chi connectivity index (χ2v) is 8.34. The van der Waals surface area contributed by atoms with Gasteiger partial charge < -0.3 is 18.9 Å². The van der Waals surface area contributed by atoms with Crippen LogP contribution >= 0.6 is 0 Å². The summed E-state index contributed by atoms with van der Waals surface area (Å²) in [6.45, 7) is 10.1. The first kappa shape index (κ1) is 29.8. The monoisotopic (exact) mass is 548 g/mol. The summed E-state index contributed by atoms with van der Waals surface area (Å²) in [6.07, 6.45) is 4.63. The van der Waals surface area contributed by atoms with Crippen molar-refractivity contribution >= 4 is 11.9 Å². The van der Waals surface area contributed by atoms with Crippen molar-refractivity contribution in [2.24, 2.45) is 0 Å². The highest BCUT2D eigenvalue weighted by Crippen LogP contribution is 2.19. The molecule has 204 valence electrons. The average Bonchev–Trinajstić information content (AvgIpc) is 2.96. The number of carbonyl (C=O) groups is 2. The zero-order valence-corrected chi connectivity index (χ0v) is 22.4. The summed E-state index contributed by atoms with van der Waals surface area (Å²) in [4.78, 5) is 22.9. The molecule has 0 aliphatic heterocycles. The Morgan fingerprint density at radius 2 is 1.12 bits per heavy atom. The number of carbonyl (C=O) groups excluding carboxylic acids is 2. The number of halogens is 1. The van der Waals surface area contributed by atoms with Crippen molar-refractivity contribution < 1.29 is 32.9 Å². The van der Waals surface area contributed by atoms with E-state index >= 15 is 0 Å². The molecule has 0 amide bonds. The largest absolute Gasteiger partial charge is 0.460 e. The molecule has 0 aliphatic carbocycles. The first-order chi connectivity index (χ1) is 19.7. The minimum absolute atomic E-state index is 0.175. The maximum Gasteiger partial charge on any atom is 0.338 e. The second kappa shape index (κ2) is 15.0. The summed E-state index contributed by atoms with van der Waals surface area (Å²) in [7, 11) is 0. The van der Waals surface area contributed by atoms with Crippen molar-refractivity contribution in [2.75, 3.05) is 0 Å². The minimum atomic E-state index is -0.574. The molecule has 3 aromatic carbocycles. The average molecular weight is 549 g/mol. The van der Waals surface area contributed by atoms with E-state index in [1.165, 1.54) is 38.5 Å². The van der Waals surface area contributed by atoms with Crippen molar-refractivity contribution in [3.63, 3.8) is 0 Å². The Morgan fingerprint density at radius 1 is 0.659 bits per heavy atom. The van der Waals surface area contributed by atoms with Gasteiger partial charge in [0.2, 0.25) is 0 Å².